The highest BCUT2D eigenvalue weighted by molar-refractivity contribution is 7.22. The summed E-state index contributed by atoms with van der Waals surface area (Å²) in [7, 11) is 0. The first-order valence-electron chi connectivity index (χ1n) is 8.26. The fraction of sp³-hybridized carbons (Fsp3) is 0.333. The van der Waals surface area contributed by atoms with Crippen molar-refractivity contribution >= 4 is 46.6 Å². The van der Waals surface area contributed by atoms with Crippen LogP contribution in [-0.4, -0.2) is 34.1 Å². The number of hydrogen-bond acceptors (Lipinski definition) is 8. The van der Waals surface area contributed by atoms with Gasteiger partial charge in [-0.15, -0.1) is 22.7 Å². The molecule has 0 atom stereocenters. The highest BCUT2D eigenvalue weighted by atomic mass is 32.1. The van der Waals surface area contributed by atoms with Crippen LogP contribution in [0, 0.1) is 0 Å². The van der Waals surface area contributed by atoms with Crippen LogP contribution >= 0.6 is 22.7 Å². The highest BCUT2D eigenvalue weighted by Crippen LogP contribution is 2.34. The Balaban J connectivity index is 1.81. The van der Waals surface area contributed by atoms with Crippen LogP contribution in [0.4, 0.5) is 0 Å². The van der Waals surface area contributed by atoms with Crippen LogP contribution in [0.1, 0.15) is 35.4 Å². The van der Waals surface area contributed by atoms with Crippen LogP contribution in [0.3, 0.4) is 0 Å². The predicted octanol–water partition coefficient (Wildman–Crippen LogP) is 3.29. The predicted molar refractivity (Wildman–Crippen MR) is 101 cm³/mol. The standard InChI is InChI=1S/C18H18O8S2/c19-15(20)5-7-17(23)25-9-11-1-3-13(27-11)14-4-2-12(28-14)10-26-18(24)8-6-16(21)22/h1-4H,5-10H2,(H,19,20)(H,21,22). The molecule has 2 aromatic heterocycles. The number of rotatable bonds is 11. The minimum Gasteiger partial charge on any atom is -0.481 e. The third-order valence-corrected chi connectivity index (χ3v) is 5.72. The van der Waals surface area contributed by atoms with Crippen LogP contribution in [-0.2, 0) is 41.9 Å². The third-order valence-electron chi connectivity index (χ3n) is 3.40. The van der Waals surface area contributed by atoms with Crippen LogP contribution in [0.5, 0.6) is 0 Å². The van der Waals surface area contributed by atoms with Crippen molar-refractivity contribution < 1.29 is 38.9 Å². The normalized spacial score (nSPS) is 10.4. The number of hydrogen-bond donors (Lipinski definition) is 2. The first kappa shape index (κ1) is 21.6. The van der Waals surface area contributed by atoms with Gasteiger partial charge in [0.2, 0.25) is 0 Å². The maximum Gasteiger partial charge on any atom is 0.306 e. The molecule has 150 valence electrons. The topological polar surface area (TPSA) is 127 Å². The van der Waals surface area contributed by atoms with Crippen molar-refractivity contribution in [3.8, 4) is 9.75 Å². The molecule has 0 amide bonds. The summed E-state index contributed by atoms with van der Waals surface area (Å²) in [4.78, 5) is 47.4. The number of esters is 2. The van der Waals surface area contributed by atoms with Crippen molar-refractivity contribution in [1.82, 2.24) is 0 Å². The molecule has 0 radical (unpaired) electrons. The van der Waals surface area contributed by atoms with E-state index in [2.05, 4.69) is 0 Å². The van der Waals surface area contributed by atoms with Gasteiger partial charge in [-0.3, -0.25) is 19.2 Å². The van der Waals surface area contributed by atoms with Gasteiger partial charge < -0.3 is 19.7 Å². The zero-order valence-corrected chi connectivity index (χ0v) is 16.3. The summed E-state index contributed by atoms with van der Waals surface area (Å²) in [5, 5.41) is 17.1. The zero-order chi connectivity index (χ0) is 20.5. The molecule has 0 aliphatic rings. The van der Waals surface area contributed by atoms with E-state index in [1.807, 2.05) is 24.3 Å². The first-order valence-corrected chi connectivity index (χ1v) is 9.89. The van der Waals surface area contributed by atoms with Gasteiger partial charge >= 0.3 is 23.9 Å². The zero-order valence-electron chi connectivity index (χ0n) is 14.7. The second-order valence-electron chi connectivity index (χ2n) is 5.64. The van der Waals surface area contributed by atoms with Gasteiger partial charge in [-0.05, 0) is 24.3 Å². The number of thiophene rings is 2. The molecule has 0 spiro atoms. The lowest BCUT2D eigenvalue weighted by Gasteiger charge is -2.01. The molecule has 8 nitrogen and oxygen atoms in total. The molecule has 10 heteroatoms. The van der Waals surface area contributed by atoms with Crippen molar-refractivity contribution in [2.45, 2.75) is 38.9 Å². The minimum absolute atomic E-state index is 0.0859. The lowest BCUT2D eigenvalue weighted by atomic mass is 10.3. The van der Waals surface area contributed by atoms with Gasteiger partial charge in [0.25, 0.3) is 0 Å². The average molecular weight is 426 g/mol. The van der Waals surface area contributed by atoms with E-state index in [1.165, 1.54) is 22.7 Å². The van der Waals surface area contributed by atoms with Crippen molar-refractivity contribution in [1.29, 1.82) is 0 Å². The van der Waals surface area contributed by atoms with E-state index in [-0.39, 0.29) is 38.9 Å². The van der Waals surface area contributed by atoms with Gasteiger partial charge in [0.1, 0.15) is 13.2 Å². The Morgan fingerprint density at radius 2 is 1.07 bits per heavy atom. The molecule has 0 aliphatic heterocycles. The molecular weight excluding hydrogens is 408 g/mol. The quantitative estimate of drug-likeness (QED) is 0.524. The van der Waals surface area contributed by atoms with Gasteiger partial charge in [-0.2, -0.15) is 0 Å². The summed E-state index contributed by atoms with van der Waals surface area (Å²) >= 11 is 2.89. The fourth-order valence-corrected chi connectivity index (χ4v) is 3.97. The number of carboxylic acid groups (broad SMARTS) is 2. The molecule has 0 unspecified atom stereocenters. The maximum atomic E-state index is 11.5. The third kappa shape index (κ3) is 7.49. The highest BCUT2D eigenvalue weighted by Gasteiger charge is 2.11. The summed E-state index contributed by atoms with van der Waals surface area (Å²) in [5.74, 6) is -3.20. The van der Waals surface area contributed by atoms with E-state index in [1.54, 1.807) is 0 Å². The molecule has 0 saturated carbocycles. The Morgan fingerprint density at radius 3 is 1.43 bits per heavy atom. The van der Waals surface area contributed by atoms with Crippen LogP contribution in [0.2, 0.25) is 0 Å². The fourth-order valence-electron chi connectivity index (χ4n) is 2.04. The van der Waals surface area contributed by atoms with E-state index in [9.17, 15) is 19.2 Å². The summed E-state index contributed by atoms with van der Waals surface area (Å²) in [5.41, 5.74) is 0. The smallest absolute Gasteiger partial charge is 0.306 e. The van der Waals surface area contributed by atoms with Crippen molar-refractivity contribution in [2.24, 2.45) is 0 Å². The molecular formula is C18H18O8S2. The van der Waals surface area contributed by atoms with Gasteiger partial charge in [-0.25, -0.2) is 0 Å². The largest absolute Gasteiger partial charge is 0.481 e. The molecule has 28 heavy (non-hydrogen) atoms. The van der Waals surface area contributed by atoms with Crippen molar-refractivity contribution in [3.05, 3.63) is 34.0 Å². The van der Waals surface area contributed by atoms with Gasteiger partial charge in [0, 0.05) is 19.5 Å². The Bertz CT molecular complexity index is 781. The lowest BCUT2D eigenvalue weighted by molar-refractivity contribution is -0.148. The Kier molecular flexibility index (Phi) is 8.15. The summed E-state index contributed by atoms with van der Waals surface area (Å²) in [6, 6.07) is 7.44. The summed E-state index contributed by atoms with van der Waals surface area (Å²) in [6.07, 6.45) is -0.833. The van der Waals surface area contributed by atoms with Crippen LogP contribution in [0.15, 0.2) is 24.3 Å². The molecule has 0 bridgehead atoms. The molecule has 0 aliphatic carbocycles. The van der Waals surface area contributed by atoms with E-state index < -0.39 is 23.9 Å². The second kappa shape index (κ2) is 10.6. The number of carbonyl (C=O) groups excluding carboxylic acids is 2. The molecule has 0 saturated heterocycles. The molecule has 2 rings (SSSR count). The molecule has 0 fully saturated rings. The second-order valence-corrected chi connectivity index (χ2v) is 7.98. The number of carboxylic acids is 2. The summed E-state index contributed by atoms with van der Waals surface area (Å²) < 4.78 is 10.1. The lowest BCUT2D eigenvalue weighted by Crippen LogP contribution is -2.06. The van der Waals surface area contributed by atoms with Crippen molar-refractivity contribution in [2.75, 3.05) is 0 Å². The van der Waals surface area contributed by atoms with Gasteiger partial charge in [-0.1, -0.05) is 0 Å². The number of ether oxygens (including phenoxy) is 2. The Hall–Kier alpha value is -2.72. The molecule has 0 aromatic carbocycles. The minimum atomic E-state index is -1.04. The first-order chi connectivity index (χ1) is 13.3. The number of aliphatic carboxylic acids is 2. The van der Waals surface area contributed by atoms with E-state index >= 15 is 0 Å². The Labute approximate surface area is 168 Å². The van der Waals surface area contributed by atoms with E-state index in [0.29, 0.717) is 0 Å². The summed E-state index contributed by atoms with van der Waals surface area (Å²) in [6.45, 7) is 0.172. The average Bonchev–Trinajstić information content (AvgIpc) is 3.30. The Morgan fingerprint density at radius 1 is 0.679 bits per heavy atom. The maximum absolute atomic E-state index is 11.5. The molecule has 2 heterocycles. The molecule has 2 N–H and O–H groups in total. The molecule has 2 aromatic rings. The van der Waals surface area contributed by atoms with Crippen LogP contribution in [0.25, 0.3) is 9.75 Å². The van der Waals surface area contributed by atoms with E-state index in [0.717, 1.165) is 19.5 Å². The van der Waals surface area contributed by atoms with Crippen LogP contribution < -0.4 is 0 Å². The van der Waals surface area contributed by atoms with Gasteiger partial charge in [0.15, 0.2) is 0 Å². The monoisotopic (exact) mass is 426 g/mol. The van der Waals surface area contributed by atoms with Crippen molar-refractivity contribution in [3.63, 3.8) is 0 Å². The SMILES string of the molecule is O=C(O)CCC(=O)OCc1ccc(-c2ccc(COC(=O)CCC(=O)O)s2)s1. The van der Waals surface area contributed by atoms with E-state index in [4.69, 9.17) is 19.7 Å². The van der Waals surface area contributed by atoms with Gasteiger partial charge in [0.05, 0.1) is 25.7 Å². The number of carbonyl (C=O) groups is 4.